The molecule has 17 heavy (non-hydrogen) atoms. The van der Waals surface area contributed by atoms with Gasteiger partial charge in [0.2, 0.25) is 0 Å². The molecule has 2 aliphatic carbocycles. The van der Waals surface area contributed by atoms with Gasteiger partial charge in [0.15, 0.2) is 0 Å². The first kappa shape index (κ1) is 11.1. The van der Waals surface area contributed by atoms with Gasteiger partial charge in [0.1, 0.15) is 0 Å². The fraction of sp³-hybridized carbons (Fsp3) is 0.615. The highest BCUT2D eigenvalue weighted by molar-refractivity contribution is 7.14. The Bertz CT molecular complexity index is 431. The second-order valence-electron chi connectivity index (χ2n) is 5.16. The van der Waals surface area contributed by atoms with Crippen LogP contribution in [0.25, 0.3) is 0 Å². The zero-order valence-electron chi connectivity index (χ0n) is 9.87. The molecule has 0 spiro atoms. The second-order valence-corrected chi connectivity index (χ2v) is 6.07. The molecule has 1 aromatic rings. The Labute approximate surface area is 105 Å². The molecule has 0 bridgehead atoms. The summed E-state index contributed by atoms with van der Waals surface area (Å²) in [6, 6.07) is 0.369. The summed E-state index contributed by atoms with van der Waals surface area (Å²) >= 11 is 1.50. The Morgan fingerprint density at radius 1 is 1.29 bits per heavy atom. The van der Waals surface area contributed by atoms with Gasteiger partial charge in [0.25, 0.3) is 5.91 Å². The molecular formula is C13H18N2OS. The monoisotopic (exact) mass is 250 g/mol. The minimum absolute atomic E-state index is 0.0533. The number of hydrogen-bond donors (Lipinski definition) is 2. The molecule has 2 fully saturated rings. The lowest BCUT2D eigenvalue weighted by Gasteiger charge is -2.12. The van der Waals surface area contributed by atoms with Gasteiger partial charge in [-0.15, -0.1) is 11.3 Å². The zero-order chi connectivity index (χ0) is 11.8. The molecule has 0 atom stereocenters. The van der Waals surface area contributed by atoms with Gasteiger partial charge in [-0.05, 0) is 42.5 Å². The summed E-state index contributed by atoms with van der Waals surface area (Å²) in [5, 5.41) is 5.88. The van der Waals surface area contributed by atoms with Crippen LogP contribution in [0.1, 0.15) is 60.4 Å². The molecule has 92 valence electrons. The first-order chi connectivity index (χ1) is 8.25. The standard InChI is InChI=1S/C13H18N2OS/c14-12-11(10(7-17-12)8-5-6-8)13(16)15-9-3-1-2-4-9/h7-9H,1-6,14H2,(H,15,16). The number of hydrogen-bond acceptors (Lipinski definition) is 3. The Morgan fingerprint density at radius 3 is 2.65 bits per heavy atom. The van der Waals surface area contributed by atoms with Crippen molar-refractivity contribution in [2.24, 2.45) is 0 Å². The van der Waals surface area contributed by atoms with E-state index in [-0.39, 0.29) is 5.91 Å². The third-order valence-electron chi connectivity index (χ3n) is 3.78. The average Bonchev–Trinajstić information content (AvgIpc) is 2.88. The topological polar surface area (TPSA) is 55.1 Å². The first-order valence-electron chi connectivity index (χ1n) is 6.43. The average molecular weight is 250 g/mol. The summed E-state index contributed by atoms with van der Waals surface area (Å²) in [6.07, 6.45) is 7.13. The third-order valence-corrected chi connectivity index (χ3v) is 4.61. The van der Waals surface area contributed by atoms with Gasteiger partial charge < -0.3 is 11.1 Å². The van der Waals surface area contributed by atoms with Crippen LogP contribution in [0.5, 0.6) is 0 Å². The van der Waals surface area contributed by atoms with Crippen molar-refractivity contribution in [2.45, 2.75) is 50.5 Å². The van der Waals surface area contributed by atoms with E-state index in [1.807, 2.05) is 0 Å². The molecule has 0 radical (unpaired) electrons. The molecule has 3 nitrogen and oxygen atoms in total. The van der Waals surface area contributed by atoms with Gasteiger partial charge in [0, 0.05) is 6.04 Å². The fourth-order valence-electron chi connectivity index (χ4n) is 2.65. The fourth-order valence-corrected chi connectivity index (χ4v) is 3.55. The van der Waals surface area contributed by atoms with Crippen molar-refractivity contribution in [3.05, 3.63) is 16.5 Å². The van der Waals surface area contributed by atoms with Gasteiger partial charge in [-0.2, -0.15) is 0 Å². The highest BCUT2D eigenvalue weighted by Gasteiger charge is 2.31. The zero-order valence-corrected chi connectivity index (χ0v) is 10.7. The molecule has 2 saturated carbocycles. The number of nitrogens with one attached hydrogen (secondary N) is 1. The van der Waals surface area contributed by atoms with Crippen LogP contribution in [-0.2, 0) is 0 Å². The molecule has 3 rings (SSSR count). The van der Waals surface area contributed by atoms with E-state index in [1.54, 1.807) is 0 Å². The summed E-state index contributed by atoms with van der Waals surface area (Å²) in [4.78, 5) is 12.3. The van der Waals surface area contributed by atoms with Crippen LogP contribution in [0, 0.1) is 0 Å². The summed E-state index contributed by atoms with van der Waals surface area (Å²) in [5.74, 6) is 0.644. The molecule has 3 N–H and O–H groups in total. The van der Waals surface area contributed by atoms with E-state index in [9.17, 15) is 4.79 Å². The van der Waals surface area contributed by atoms with Crippen LogP contribution in [-0.4, -0.2) is 11.9 Å². The number of carbonyl (C=O) groups is 1. The van der Waals surface area contributed by atoms with Crippen LogP contribution in [0.2, 0.25) is 0 Å². The van der Waals surface area contributed by atoms with Crippen LogP contribution in [0.15, 0.2) is 5.38 Å². The summed E-state index contributed by atoms with van der Waals surface area (Å²) < 4.78 is 0. The van der Waals surface area contributed by atoms with E-state index in [1.165, 1.54) is 42.6 Å². The summed E-state index contributed by atoms with van der Waals surface area (Å²) in [5.41, 5.74) is 7.89. The van der Waals surface area contributed by atoms with Crippen molar-refractivity contribution in [1.29, 1.82) is 0 Å². The molecule has 0 aromatic carbocycles. The lowest BCUT2D eigenvalue weighted by molar-refractivity contribution is 0.0938. The SMILES string of the molecule is Nc1scc(C2CC2)c1C(=O)NC1CCCC1. The predicted octanol–water partition coefficient (Wildman–Crippen LogP) is 2.88. The molecule has 1 aromatic heterocycles. The number of anilines is 1. The molecule has 0 unspecified atom stereocenters. The van der Waals surface area contributed by atoms with E-state index in [0.29, 0.717) is 17.0 Å². The normalized spacial score (nSPS) is 20.7. The summed E-state index contributed by atoms with van der Waals surface area (Å²) in [7, 11) is 0. The minimum atomic E-state index is 0.0533. The molecule has 0 aliphatic heterocycles. The number of thiophene rings is 1. The Kier molecular flexibility index (Phi) is 2.82. The van der Waals surface area contributed by atoms with Crippen LogP contribution in [0.3, 0.4) is 0 Å². The first-order valence-corrected chi connectivity index (χ1v) is 7.31. The molecular weight excluding hydrogens is 232 g/mol. The van der Waals surface area contributed by atoms with E-state index in [4.69, 9.17) is 5.73 Å². The van der Waals surface area contributed by atoms with Crippen molar-refractivity contribution < 1.29 is 4.79 Å². The number of nitrogen functional groups attached to an aromatic ring is 1. The van der Waals surface area contributed by atoms with Crippen LogP contribution < -0.4 is 11.1 Å². The van der Waals surface area contributed by atoms with Gasteiger partial charge in [-0.1, -0.05) is 12.8 Å². The van der Waals surface area contributed by atoms with Crippen molar-refractivity contribution in [3.8, 4) is 0 Å². The van der Waals surface area contributed by atoms with Gasteiger partial charge in [-0.3, -0.25) is 4.79 Å². The van der Waals surface area contributed by atoms with E-state index >= 15 is 0 Å². The third kappa shape index (κ3) is 2.18. The highest BCUT2D eigenvalue weighted by atomic mass is 32.1. The quantitative estimate of drug-likeness (QED) is 0.866. The lowest BCUT2D eigenvalue weighted by atomic mass is 10.1. The molecule has 0 saturated heterocycles. The molecule has 1 amide bonds. The van der Waals surface area contributed by atoms with E-state index in [2.05, 4.69) is 10.7 Å². The van der Waals surface area contributed by atoms with E-state index < -0.39 is 0 Å². The smallest absolute Gasteiger partial charge is 0.254 e. The largest absolute Gasteiger partial charge is 0.390 e. The Morgan fingerprint density at radius 2 is 2.00 bits per heavy atom. The van der Waals surface area contributed by atoms with Crippen LogP contribution in [0.4, 0.5) is 5.00 Å². The van der Waals surface area contributed by atoms with E-state index in [0.717, 1.165) is 18.4 Å². The van der Waals surface area contributed by atoms with Crippen molar-refractivity contribution >= 4 is 22.2 Å². The minimum Gasteiger partial charge on any atom is -0.390 e. The number of rotatable bonds is 3. The predicted molar refractivity (Wildman–Crippen MR) is 70.4 cm³/mol. The molecule has 4 heteroatoms. The summed E-state index contributed by atoms with van der Waals surface area (Å²) in [6.45, 7) is 0. The van der Waals surface area contributed by atoms with Crippen molar-refractivity contribution in [2.75, 3.05) is 5.73 Å². The van der Waals surface area contributed by atoms with Crippen molar-refractivity contribution in [3.63, 3.8) is 0 Å². The molecule has 1 heterocycles. The number of amides is 1. The maximum atomic E-state index is 12.3. The van der Waals surface area contributed by atoms with Gasteiger partial charge in [-0.25, -0.2) is 0 Å². The van der Waals surface area contributed by atoms with Gasteiger partial charge in [0.05, 0.1) is 10.6 Å². The van der Waals surface area contributed by atoms with Crippen molar-refractivity contribution in [1.82, 2.24) is 5.32 Å². The maximum absolute atomic E-state index is 12.3. The Balaban J connectivity index is 1.77. The van der Waals surface area contributed by atoms with Crippen LogP contribution >= 0.6 is 11.3 Å². The highest BCUT2D eigenvalue weighted by Crippen LogP contribution is 2.45. The Hall–Kier alpha value is -1.03. The lowest BCUT2D eigenvalue weighted by Crippen LogP contribution is -2.33. The maximum Gasteiger partial charge on any atom is 0.254 e. The van der Waals surface area contributed by atoms with Gasteiger partial charge >= 0.3 is 0 Å². The molecule has 2 aliphatic rings. The second kappa shape index (κ2) is 4.33. The number of carbonyl (C=O) groups excluding carboxylic acids is 1. The number of nitrogens with two attached hydrogens (primary N) is 1.